The molecule has 0 unspecified atom stereocenters. The molecule has 80 valence electrons. The highest BCUT2D eigenvalue weighted by Gasteiger charge is 2.10. The molecule has 0 saturated carbocycles. The zero-order valence-electron chi connectivity index (χ0n) is 9.15. The van der Waals surface area contributed by atoms with Crippen molar-refractivity contribution in [2.45, 2.75) is 30.6 Å². The van der Waals surface area contributed by atoms with Gasteiger partial charge in [-0.15, -0.1) is 5.10 Å². The molecule has 1 aromatic rings. The molecule has 0 aliphatic heterocycles. The lowest BCUT2D eigenvalue weighted by Gasteiger charge is -2.04. The second-order valence-electron chi connectivity index (χ2n) is 3.40. The van der Waals surface area contributed by atoms with Crippen LogP contribution in [-0.4, -0.2) is 26.5 Å². The predicted octanol–water partition coefficient (Wildman–Crippen LogP) is 2.32. The second kappa shape index (κ2) is 5.66. The lowest BCUT2D eigenvalue weighted by Crippen LogP contribution is -1.99. The molecular formula is C9H17N3S2. The zero-order valence-corrected chi connectivity index (χ0v) is 10.8. The summed E-state index contributed by atoms with van der Waals surface area (Å²) in [5.41, 5.74) is 2.39. The SMILES string of the molecule is CSCc1c(CSC(C)C)nnn1C. The van der Waals surface area contributed by atoms with Crippen molar-refractivity contribution in [1.82, 2.24) is 15.0 Å². The molecule has 14 heavy (non-hydrogen) atoms. The van der Waals surface area contributed by atoms with Crippen molar-refractivity contribution in [3.05, 3.63) is 11.4 Å². The van der Waals surface area contributed by atoms with Crippen LogP contribution in [0.1, 0.15) is 25.2 Å². The summed E-state index contributed by atoms with van der Waals surface area (Å²) in [5.74, 6) is 1.97. The van der Waals surface area contributed by atoms with Gasteiger partial charge in [0.2, 0.25) is 0 Å². The molecule has 0 amide bonds. The van der Waals surface area contributed by atoms with E-state index in [0.717, 1.165) is 17.2 Å². The van der Waals surface area contributed by atoms with Gasteiger partial charge in [0.05, 0.1) is 11.4 Å². The molecule has 5 heteroatoms. The van der Waals surface area contributed by atoms with Crippen molar-refractivity contribution >= 4 is 23.5 Å². The molecule has 0 aliphatic carbocycles. The van der Waals surface area contributed by atoms with Gasteiger partial charge < -0.3 is 0 Å². The molecule has 0 fully saturated rings. The second-order valence-corrected chi connectivity index (χ2v) is 5.83. The van der Waals surface area contributed by atoms with E-state index in [9.17, 15) is 0 Å². The van der Waals surface area contributed by atoms with Crippen molar-refractivity contribution in [2.75, 3.05) is 6.26 Å². The summed E-state index contributed by atoms with van der Waals surface area (Å²) in [5, 5.41) is 8.89. The smallest absolute Gasteiger partial charge is 0.0966 e. The third-order valence-electron chi connectivity index (χ3n) is 1.86. The summed E-state index contributed by atoms with van der Waals surface area (Å²) in [6.45, 7) is 4.41. The van der Waals surface area contributed by atoms with Crippen LogP contribution in [0, 0.1) is 0 Å². The highest BCUT2D eigenvalue weighted by molar-refractivity contribution is 7.99. The molecule has 0 N–H and O–H groups in total. The number of aromatic nitrogens is 3. The molecule has 0 aliphatic rings. The van der Waals surface area contributed by atoms with Crippen LogP contribution in [-0.2, 0) is 18.6 Å². The quantitative estimate of drug-likeness (QED) is 0.778. The van der Waals surface area contributed by atoms with Gasteiger partial charge in [-0.05, 0) is 11.5 Å². The first-order valence-electron chi connectivity index (χ1n) is 4.63. The third kappa shape index (κ3) is 3.20. The van der Waals surface area contributed by atoms with Gasteiger partial charge in [0.1, 0.15) is 0 Å². The lowest BCUT2D eigenvalue weighted by atomic mass is 10.4. The van der Waals surface area contributed by atoms with Gasteiger partial charge >= 0.3 is 0 Å². The van der Waals surface area contributed by atoms with Crippen molar-refractivity contribution in [3.8, 4) is 0 Å². The van der Waals surface area contributed by atoms with Crippen LogP contribution in [0.25, 0.3) is 0 Å². The molecule has 0 spiro atoms. The van der Waals surface area contributed by atoms with E-state index in [2.05, 4.69) is 30.4 Å². The largest absolute Gasteiger partial charge is 0.251 e. The minimum atomic E-state index is 0.652. The average molecular weight is 231 g/mol. The molecule has 0 saturated heterocycles. The van der Waals surface area contributed by atoms with Gasteiger partial charge in [0, 0.05) is 18.6 Å². The van der Waals surface area contributed by atoms with Crippen molar-refractivity contribution in [3.63, 3.8) is 0 Å². The van der Waals surface area contributed by atoms with Crippen LogP contribution in [0.15, 0.2) is 0 Å². The van der Waals surface area contributed by atoms with Gasteiger partial charge in [0.25, 0.3) is 0 Å². The Labute approximate surface area is 94.0 Å². The summed E-state index contributed by atoms with van der Waals surface area (Å²) in [7, 11) is 1.96. The van der Waals surface area contributed by atoms with Gasteiger partial charge in [-0.2, -0.15) is 23.5 Å². The Morgan fingerprint density at radius 1 is 1.36 bits per heavy atom. The Balaban J connectivity index is 2.65. The molecule has 1 aromatic heterocycles. The number of aryl methyl sites for hydroxylation is 1. The Morgan fingerprint density at radius 2 is 2.07 bits per heavy atom. The first kappa shape index (κ1) is 11.9. The zero-order chi connectivity index (χ0) is 10.6. The Hall–Kier alpha value is -0.160. The van der Waals surface area contributed by atoms with Crippen LogP contribution in [0.3, 0.4) is 0 Å². The molecule has 0 bridgehead atoms. The van der Waals surface area contributed by atoms with E-state index in [0.29, 0.717) is 5.25 Å². The highest BCUT2D eigenvalue weighted by atomic mass is 32.2. The fourth-order valence-electron chi connectivity index (χ4n) is 1.09. The maximum Gasteiger partial charge on any atom is 0.0966 e. The number of nitrogens with zero attached hydrogens (tertiary/aromatic N) is 3. The fourth-order valence-corrected chi connectivity index (χ4v) is 2.43. The van der Waals surface area contributed by atoms with Crippen molar-refractivity contribution in [1.29, 1.82) is 0 Å². The van der Waals surface area contributed by atoms with Gasteiger partial charge in [-0.3, -0.25) is 4.68 Å². The first-order chi connectivity index (χ1) is 6.65. The number of rotatable bonds is 5. The molecule has 1 rings (SSSR count). The van der Waals surface area contributed by atoms with E-state index in [1.54, 1.807) is 0 Å². The topological polar surface area (TPSA) is 30.7 Å². The maximum absolute atomic E-state index is 4.19. The number of thioether (sulfide) groups is 2. The summed E-state index contributed by atoms with van der Waals surface area (Å²) in [6, 6.07) is 0. The third-order valence-corrected chi connectivity index (χ3v) is 3.53. The fraction of sp³-hybridized carbons (Fsp3) is 0.778. The van der Waals surface area contributed by atoms with Crippen molar-refractivity contribution in [2.24, 2.45) is 7.05 Å². The van der Waals surface area contributed by atoms with E-state index in [4.69, 9.17) is 0 Å². The van der Waals surface area contributed by atoms with E-state index in [-0.39, 0.29) is 0 Å². The van der Waals surface area contributed by atoms with Crippen LogP contribution < -0.4 is 0 Å². The van der Waals surface area contributed by atoms with Crippen molar-refractivity contribution < 1.29 is 0 Å². The molecule has 3 nitrogen and oxygen atoms in total. The van der Waals surface area contributed by atoms with Crippen LogP contribution in [0.5, 0.6) is 0 Å². The number of hydrogen-bond donors (Lipinski definition) is 0. The lowest BCUT2D eigenvalue weighted by molar-refractivity contribution is 0.694. The summed E-state index contributed by atoms with van der Waals surface area (Å²) >= 11 is 3.72. The molecule has 1 heterocycles. The summed E-state index contributed by atoms with van der Waals surface area (Å²) in [6.07, 6.45) is 2.10. The van der Waals surface area contributed by atoms with Crippen LogP contribution >= 0.6 is 23.5 Å². The van der Waals surface area contributed by atoms with Crippen LogP contribution in [0.2, 0.25) is 0 Å². The Bertz CT molecular complexity index is 284. The highest BCUT2D eigenvalue weighted by Crippen LogP contribution is 2.20. The Morgan fingerprint density at radius 3 is 2.64 bits per heavy atom. The normalized spacial score (nSPS) is 11.2. The molecular weight excluding hydrogens is 214 g/mol. The summed E-state index contributed by atoms with van der Waals surface area (Å²) in [4.78, 5) is 0. The van der Waals surface area contributed by atoms with E-state index < -0.39 is 0 Å². The molecule has 0 atom stereocenters. The standard InChI is InChI=1S/C9H17N3S2/c1-7(2)14-5-8-9(6-13-4)12(3)11-10-8/h7H,5-6H2,1-4H3. The summed E-state index contributed by atoms with van der Waals surface area (Å²) < 4.78 is 1.88. The first-order valence-corrected chi connectivity index (χ1v) is 7.07. The minimum absolute atomic E-state index is 0.652. The monoisotopic (exact) mass is 231 g/mol. The Kier molecular flexibility index (Phi) is 4.81. The maximum atomic E-state index is 4.19. The van der Waals surface area contributed by atoms with Gasteiger partial charge in [-0.25, -0.2) is 0 Å². The number of hydrogen-bond acceptors (Lipinski definition) is 4. The molecule has 0 radical (unpaired) electrons. The van der Waals surface area contributed by atoms with Gasteiger partial charge in [-0.1, -0.05) is 19.1 Å². The average Bonchev–Trinajstić information content (AvgIpc) is 2.46. The minimum Gasteiger partial charge on any atom is -0.251 e. The van der Waals surface area contributed by atoms with E-state index in [1.165, 1.54) is 5.69 Å². The van der Waals surface area contributed by atoms with E-state index in [1.807, 2.05) is 35.3 Å². The molecule has 0 aromatic carbocycles. The predicted molar refractivity (Wildman–Crippen MR) is 64.7 cm³/mol. The van der Waals surface area contributed by atoms with E-state index >= 15 is 0 Å². The van der Waals surface area contributed by atoms with Gasteiger partial charge in [0.15, 0.2) is 0 Å². The van der Waals surface area contributed by atoms with Crippen LogP contribution in [0.4, 0.5) is 0 Å².